The SMILES string of the molecule is O=C(O)c1ccccc1C(=O)N1CC(C(=O)O)CC1C(=O)O. The molecule has 1 amide bonds. The number of amides is 1. The van der Waals surface area contributed by atoms with Crippen LogP contribution in [0, 0.1) is 5.92 Å². The number of carboxylic acid groups (broad SMARTS) is 3. The van der Waals surface area contributed by atoms with E-state index in [1.165, 1.54) is 24.3 Å². The van der Waals surface area contributed by atoms with Gasteiger partial charge >= 0.3 is 17.9 Å². The van der Waals surface area contributed by atoms with Gasteiger partial charge in [-0.2, -0.15) is 0 Å². The summed E-state index contributed by atoms with van der Waals surface area (Å²) in [7, 11) is 0. The molecule has 8 heteroatoms. The summed E-state index contributed by atoms with van der Waals surface area (Å²) in [5.41, 5.74) is -0.414. The number of carbonyl (C=O) groups excluding carboxylic acids is 1. The molecule has 0 saturated carbocycles. The van der Waals surface area contributed by atoms with Crippen molar-refractivity contribution >= 4 is 23.8 Å². The molecule has 8 nitrogen and oxygen atoms in total. The highest BCUT2D eigenvalue weighted by atomic mass is 16.4. The molecule has 2 unspecified atom stereocenters. The molecule has 1 aromatic carbocycles. The molecule has 2 atom stereocenters. The Balaban J connectivity index is 2.37. The normalized spacial score (nSPS) is 20.6. The molecule has 2 rings (SSSR count). The average Bonchev–Trinajstić information content (AvgIpc) is 2.92. The summed E-state index contributed by atoms with van der Waals surface area (Å²) in [4.78, 5) is 46.8. The van der Waals surface area contributed by atoms with Crippen molar-refractivity contribution in [1.82, 2.24) is 4.90 Å². The second-order valence-electron chi connectivity index (χ2n) is 4.93. The van der Waals surface area contributed by atoms with Crippen molar-refractivity contribution in [3.8, 4) is 0 Å². The maximum absolute atomic E-state index is 12.5. The third-order valence-corrected chi connectivity index (χ3v) is 3.58. The molecule has 1 aliphatic rings. The monoisotopic (exact) mass is 307 g/mol. The van der Waals surface area contributed by atoms with E-state index in [1.807, 2.05) is 0 Å². The molecule has 1 aliphatic heterocycles. The van der Waals surface area contributed by atoms with Crippen LogP contribution in [-0.4, -0.2) is 56.6 Å². The molecule has 0 bridgehead atoms. The predicted octanol–water partition coefficient (Wildman–Crippen LogP) is 0.385. The molecule has 0 radical (unpaired) electrons. The summed E-state index contributed by atoms with van der Waals surface area (Å²) >= 11 is 0. The highest BCUT2D eigenvalue weighted by Gasteiger charge is 2.43. The number of aromatic carboxylic acids is 1. The summed E-state index contributed by atoms with van der Waals surface area (Å²) in [6.45, 7) is -0.265. The Morgan fingerprint density at radius 3 is 2.05 bits per heavy atom. The Morgan fingerprint density at radius 2 is 1.55 bits per heavy atom. The summed E-state index contributed by atoms with van der Waals surface area (Å²) in [6, 6.07) is 4.13. The quantitative estimate of drug-likeness (QED) is 0.732. The number of rotatable bonds is 4. The molecule has 1 heterocycles. The number of benzene rings is 1. The third kappa shape index (κ3) is 2.76. The topological polar surface area (TPSA) is 132 Å². The van der Waals surface area contributed by atoms with Crippen molar-refractivity contribution < 1.29 is 34.5 Å². The van der Waals surface area contributed by atoms with Gasteiger partial charge in [0.15, 0.2) is 0 Å². The number of hydrogen-bond donors (Lipinski definition) is 3. The fourth-order valence-electron chi connectivity index (χ4n) is 2.48. The first-order valence-corrected chi connectivity index (χ1v) is 6.41. The lowest BCUT2D eigenvalue weighted by molar-refractivity contribution is -0.141. The van der Waals surface area contributed by atoms with E-state index >= 15 is 0 Å². The Bertz CT molecular complexity index is 654. The number of aliphatic carboxylic acids is 2. The van der Waals surface area contributed by atoms with E-state index in [1.54, 1.807) is 0 Å². The second kappa shape index (κ2) is 5.84. The van der Waals surface area contributed by atoms with E-state index in [9.17, 15) is 19.2 Å². The van der Waals surface area contributed by atoms with E-state index in [0.717, 1.165) is 4.90 Å². The molecule has 116 valence electrons. The number of likely N-dealkylation sites (tertiary alicyclic amines) is 1. The van der Waals surface area contributed by atoms with Crippen LogP contribution in [0.4, 0.5) is 0 Å². The minimum atomic E-state index is -1.31. The van der Waals surface area contributed by atoms with E-state index in [-0.39, 0.29) is 24.1 Å². The van der Waals surface area contributed by atoms with E-state index in [4.69, 9.17) is 15.3 Å². The Labute approximate surface area is 124 Å². The van der Waals surface area contributed by atoms with Crippen molar-refractivity contribution in [2.75, 3.05) is 6.54 Å². The maximum Gasteiger partial charge on any atom is 0.336 e. The van der Waals surface area contributed by atoms with Crippen molar-refractivity contribution in [3.05, 3.63) is 35.4 Å². The van der Waals surface area contributed by atoms with Gasteiger partial charge in [-0.05, 0) is 18.6 Å². The van der Waals surface area contributed by atoms with Crippen molar-refractivity contribution in [1.29, 1.82) is 0 Å². The standard InChI is InChI=1S/C14H13NO7/c16-11(8-3-1-2-4-9(8)13(19)20)15-6-7(12(17)18)5-10(15)14(21)22/h1-4,7,10H,5-6H2,(H,17,18)(H,19,20)(H,21,22). The first-order chi connectivity index (χ1) is 10.3. The van der Waals surface area contributed by atoms with Crippen LogP contribution < -0.4 is 0 Å². The molecule has 0 aromatic heterocycles. The van der Waals surface area contributed by atoms with E-state index < -0.39 is 35.8 Å². The summed E-state index contributed by atoms with van der Waals surface area (Å²) in [5.74, 6) is -5.60. The van der Waals surface area contributed by atoms with E-state index in [2.05, 4.69) is 0 Å². The van der Waals surface area contributed by atoms with Crippen LogP contribution in [0.25, 0.3) is 0 Å². The largest absolute Gasteiger partial charge is 0.481 e. The summed E-state index contributed by atoms with van der Waals surface area (Å²) in [6.07, 6.45) is -0.203. The average molecular weight is 307 g/mol. The molecular weight excluding hydrogens is 294 g/mol. The number of carboxylic acids is 3. The van der Waals surface area contributed by atoms with Gasteiger partial charge in [-0.1, -0.05) is 12.1 Å². The minimum Gasteiger partial charge on any atom is -0.481 e. The number of hydrogen-bond acceptors (Lipinski definition) is 4. The van der Waals surface area contributed by atoms with Crippen LogP contribution in [0.15, 0.2) is 24.3 Å². The zero-order valence-electron chi connectivity index (χ0n) is 11.3. The third-order valence-electron chi connectivity index (χ3n) is 3.58. The predicted molar refractivity (Wildman–Crippen MR) is 71.6 cm³/mol. The van der Waals surface area contributed by atoms with Crippen LogP contribution in [0.5, 0.6) is 0 Å². The lowest BCUT2D eigenvalue weighted by Gasteiger charge is -2.22. The van der Waals surface area contributed by atoms with Crippen LogP contribution in [0.1, 0.15) is 27.1 Å². The van der Waals surface area contributed by atoms with Crippen molar-refractivity contribution in [2.45, 2.75) is 12.5 Å². The van der Waals surface area contributed by atoms with Gasteiger partial charge in [0, 0.05) is 6.54 Å². The van der Waals surface area contributed by atoms with Gasteiger partial charge in [-0.3, -0.25) is 9.59 Å². The lowest BCUT2D eigenvalue weighted by atomic mass is 10.1. The smallest absolute Gasteiger partial charge is 0.336 e. The first-order valence-electron chi connectivity index (χ1n) is 6.41. The Morgan fingerprint density at radius 1 is 0.955 bits per heavy atom. The van der Waals surface area contributed by atoms with Crippen LogP contribution in [0.3, 0.4) is 0 Å². The lowest BCUT2D eigenvalue weighted by Crippen LogP contribution is -2.41. The van der Waals surface area contributed by atoms with Gasteiger partial charge in [0.05, 0.1) is 17.0 Å². The highest BCUT2D eigenvalue weighted by Crippen LogP contribution is 2.26. The molecule has 1 saturated heterocycles. The van der Waals surface area contributed by atoms with Gasteiger partial charge in [-0.25, -0.2) is 9.59 Å². The van der Waals surface area contributed by atoms with Crippen molar-refractivity contribution in [3.63, 3.8) is 0 Å². The van der Waals surface area contributed by atoms with E-state index in [0.29, 0.717) is 0 Å². The summed E-state index contributed by atoms with van der Waals surface area (Å²) < 4.78 is 0. The van der Waals surface area contributed by atoms with Gasteiger partial charge in [0.1, 0.15) is 6.04 Å². The van der Waals surface area contributed by atoms with Gasteiger partial charge in [0.25, 0.3) is 5.91 Å². The van der Waals surface area contributed by atoms with Crippen LogP contribution >= 0.6 is 0 Å². The fraction of sp³-hybridized carbons (Fsp3) is 0.286. The molecule has 1 fully saturated rings. The molecule has 3 N–H and O–H groups in total. The Kier molecular flexibility index (Phi) is 4.11. The molecular formula is C14H13NO7. The van der Waals surface area contributed by atoms with Crippen LogP contribution in [-0.2, 0) is 9.59 Å². The maximum atomic E-state index is 12.5. The first kappa shape index (κ1) is 15.5. The highest BCUT2D eigenvalue weighted by molar-refractivity contribution is 6.06. The fourth-order valence-corrected chi connectivity index (χ4v) is 2.48. The number of nitrogens with zero attached hydrogens (tertiary/aromatic N) is 1. The van der Waals surface area contributed by atoms with Gasteiger partial charge in [-0.15, -0.1) is 0 Å². The molecule has 1 aromatic rings. The molecule has 22 heavy (non-hydrogen) atoms. The molecule has 0 spiro atoms. The summed E-state index contributed by atoms with van der Waals surface area (Å²) in [5, 5.41) is 27.2. The van der Waals surface area contributed by atoms with Crippen LogP contribution in [0.2, 0.25) is 0 Å². The zero-order chi connectivity index (χ0) is 16.4. The Hall–Kier alpha value is -2.90. The molecule has 0 aliphatic carbocycles. The zero-order valence-corrected chi connectivity index (χ0v) is 11.3. The minimum absolute atomic E-state index is 0.160. The van der Waals surface area contributed by atoms with Gasteiger partial charge in [0.2, 0.25) is 0 Å². The van der Waals surface area contributed by atoms with Crippen molar-refractivity contribution in [2.24, 2.45) is 5.92 Å². The second-order valence-corrected chi connectivity index (χ2v) is 4.93. The van der Waals surface area contributed by atoms with Gasteiger partial charge < -0.3 is 20.2 Å². The number of carbonyl (C=O) groups is 4.